The topological polar surface area (TPSA) is 81.5 Å². The zero-order valence-electron chi connectivity index (χ0n) is 15.2. The van der Waals surface area contributed by atoms with E-state index in [2.05, 4.69) is 20.2 Å². The molecule has 2 fully saturated rings. The fraction of sp³-hybridized carbons (Fsp3) is 0.611. The van der Waals surface area contributed by atoms with Gasteiger partial charge in [-0.15, -0.1) is 11.3 Å². The molecule has 2 unspecified atom stereocenters. The van der Waals surface area contributed by atoms with E-state index in [4.69, 9.17) is 9.47 Å². The van der Waals surface area contributed by atoms with E-state index in [1.165, 1.54) is 0 Å². The Morgan fingerprint density at radius 1 is 1.44 bits per heavy atom. The number of ether oxygens (including phenoxy) is 2. The van der Waals surface area contributed by atoms with Gasteiger partial charge in [0, 0.05) is 56.6 Å². The molecule has 0 aromatic carbocycles. The lowest BCUT2D eigenvalue weighted by Gasteiger charge is -2.39. The van der Waals surface area contributed by atoms with Crippen LogP contribution in [0.1, 0.15) is 17.8 Å². The van der Waals surface area contributed by atoms with Crippen molar-refractivity contribution in [2.75, 3.05) is 32.8 Å². The third-order valence-corrected chi connectivity index (χ3v) is 5.78. The lowest BCUT2D eigenvalue weighted by Crippen LogP contribution is -2.52. The van der Waals surface area contributed by atoms with Crippen LogP contribution in [0, 0.1) is 0 Å². The van der Waals surface area contributed by atoms with Crippen molar-refractivity contribution in [1.82, 2.24) is 24.8 Å². The molecule has 2 aromatic heterocycles. The van der Waals surface area contributed by atoms with Crippen LogP contribution in [-0.4, -0.2) is 69.9 Å². The number of nitrogens with zero attached hydrogens (tertiary/aromatic N) is 4. The first-order chi connectivity index (χ1) is 13.2. The van der Waals surface area contributed by atoms with Crippen LogP contribution in [-0.2, 0) is 27.4 Å². The third-order valence-electron chi connectivity index (χ3n) is 5.02. The minimum Gasteiger partial charge on any atom is -0.370 e. The molecule has 1 spiro atoms. The predicted octanol–water partition coefficient (Wildman–Crippen LogP) is 0.906. The van der Waals surface area contributed by atoms with Gasteiger partial charge in [0.2, 0.25) is 5.91 Å². The summed E-state index contributed by atoms with van der Waals surface area (Å²) in [6, 6.07) is 0. The van der Waals surface area contributed by atoms with Gasteiger partial charge in [0.15, 0.2) is 0 Å². The van der Waals surface area contributed by atoms with Crippen molar-refractivity contribution in [3.8, 4) is 0 Å². The van der Waals surface area contributed by atoms with Gasteiger partial charge >= 0.3 is 0 Å². The molecule has 1 amide bonds. The quantitative estimate of drug-likeness (QED) is 0.707. The van der Waals surface area contributed by atoms with Crippen LogP contribution >= 0.6 is 11.3 Å². The molecular formula is C18H25N5O3S. The van der Waals surface area contributed by atoms with Crippen LogP contribution in [0.3, 0.4) is 0 Å². The molecule has 146 valence electrons. The predicted molar refractivity (Wildman–Crippen MR) is 100 cm³/mol. The summed E-state index contributed by atoms with van der Waals surface area (Å²) in [4.78, 5) is 23.2. The summed E-state index contributed by atoms with van der Waals surface area (Å²) >= 11 is 1.67. The summed E-state index contributed by atoms with van der Waals surface area (Å²) < 4.78 is 13.9. The van der Waals surface area contributed by atoms with Crippen LogP contribution in [0.25, 0.3) is 0 Å². The average molecular weight is 391 g/mol. The highest BCUT2D eigenvalue weighted by Gasteiger charge is 2.46. The Kier molecular flexibility index (Phi) is 5.82. The number of imidazole rings is 1. The maximum atomic E-state index is 12.4. The van der Waals surface area contributed by atoms with Gasteiger partial charge in [0.25, 0.3) is 0 Å². The van der Waals surface area contributed by atoms with Gasteiger partial charge in [-0.3, -0.25) is 9.69 Å². The summed E-state index contributed by atoms with van der Waals surface area (Å²) in [7, 11) is 0. The maximum absolute atomic E-state index is 12.4. The van der Waals surface area contributed by atoms with E-state index in [9.17, 15) is 4.79 Å². The molecule has 8 nitrogen and oxygen atoms in total. The zero-order chi connectivity index (χ0) is 18.5. The second kappa shape index (κ2) is 8.47. The van der Waals surface area contributed by atoms with Crippen LogP contribution in [0.5, 0.6) is 0 Å². The van der Waals surface area contributed by atoms with E-state index >= 15 is 0 Å². The van der Waals surface area contributed by atoms with Gasteiger partial charge in [0.1, 0.15) is 16.7 Å². The Bertz CT molecular complexity index is 723. The van der Waals surface area contributed by atoms with E-state index < -0.39 is 6.10 Å². The van der Waals surface area contributed by atoms with Crippen LogP contribution in [0.4, 0.5) is 0 Å². The van der Waals surface area contributed by atoms with Crippen molar-refractivity contribution in [3.05, 3.63) is 35.3 Å². The average Bonchev–Trinajstić information content (AvgIpc) is 3.42. The first-order valence-electron chi connectivity index (χ1n) is 9.32. The molecule has 2 aromatic rings. The minimum atomic E-state index is -0.432. The number of morpholine rings is 1. The standard InChI is InChI=1S/C18H25N5O3S/c24-17(21-2-1-5-22-6-3-19-14-22)15-10-18(13-25-15)12-23(7-8-26-18)11-16-20-4-9-27-16/h3-4,6,9,14-15H,1-2,5,7-8,10-13H2,(H,21,24). The Labute approximate surface area is 162 Å². The van der Waals surface area contributed by atoms with Gasteiger partial charge in [-0.25, -0.2) is 9.97 Å². The molecule has 27 heavy (non-hydrogen) atoms. The van der Waals surface area contributed by atoms with Crippen molar-refractivity contribution < 1.29 is 14.3 Å². The Morgan fingerprint density at radius 2 is 2.41 bits per heavy atom. The number of hydrogen-bond donors (Lipinski definition) is 1. The second-order valence-electron chi connectivity index (χ2n) is 7.12. The Morgan fingerprint density at radius 3 is 3.22 bits per heavy atom. The number of rotatable bonds is 7. The van der Waals surface area contributed by atoms with Crippen LogP contribution < -0.4 is 5.32 Å². The Hall–Kier alpha value is -1.81. The molecule has 2 aliphatic heterocycles. The molecule has 4 heterocycles. The summed E-state index contributed by atoms with van der Waals surface area (Å²) in [6.07, 6.45) is 8.33. The summed E-state index contributed by atoms with van der Waals surface area (Å²) in [5.74, 6) is -0.0434. The largest absolute Gasteiger partial charge is 0.370 e. The lowest BCUT2D eigenvalue weighted by molar-refractivity contribution is -0.130. The van der Waals surface area contributed by atoms with E-state index in [0.717, 1.165) is 37.6 Å². The van der Waals surface area contributed by atoms with Crippen molar-refractivity contribution in [3.63, 3.8) is 0 Å². The van der Waals surface area contributed by atoms with Crippen LogP contribution in [0.2, 0.25) is 0 Å². The monoisotopic (exact) mass is 391 g/mol. The number of amides is 1. The molecule has 2 aliphatic rings. The Balaban J connectivity index is 1.22. The molecule has 0 bridgehead atoms. The third kappa shape index (κ3) is 4.73. The SMILES string of the molecule is O=C(NCCCn1ccnc1)C1CC2(CO1)CN(Cc1nccs1)CCO2. The molecule has 4 rings (SSSR count). The molecule has 1 N–H and O–H groups in total. The summed E-state index contributed by atoms with van der Waals surface area (Å²) in [6.45, 7) is 5.07. The van der Waals surface area contributed by atoms with Crippen molar-refractivity contribution in [1.29, 1.82) is 0 Å². The number of hydrogen-bond acceptors (Lipinski definition) is 7. The van der Waals surface area contributed by atoms with Gasteiger partial charge < -0.3 is 19.4 Å². The number of thiazole rings is 1. The number of aromatic nitrogens is 3. The number of aryl methyl sites for hydroxylation is 1. The molecule has 0 aliphatic carbocycles. The van der Waals surface area contributed by atoms with Crippen molar-refractivity contribution in [2.45, 2.75) is 37.6 Å². The summed E-state index contributed by atoms with van der Waals surface area (Å²) in [5, 5.41) is 6.09. The molecule has 2 saturated heterocycles. The van der Waals surface area contributed by atoms with E-state index in [-0.39, 0.29) is 11.5 Å². The highest BCUT2D eigenvalue weighted by atomic mass is 32.1. The van der Waals surface area contributed by atoms with E-state index in [0.29, 0.717) is 26.2 Å². The molecular weight excluding hydrogens is 366 g/mol. The van der Waals surface area contributed by atoms with Gasteiger partial charge in [-0.1, -0.05) is 0 Å². The fourth-order valence-corrected chi connectivity index (χ4v) is 4.33. The van der Waals surface area contributed by atoms with E-state index in [1.54, 1.807) is 23.9 Å². The van der Waals surface area contributed by atoms with Crippen LogP contribution in [0.15, 0.2) is 30.3 Å². The fourth-order valence-electron chi connectivity index (χ4n) is 3.67. The maximum Gasteiger partial charge on any atom is 0.249 e. The normalized spacial score (nSPS) is 25.9. The van der Waals surface area contributed by atoms with E-state index in [1.807, 2.05) is 22.3 Å². The molecule has 2 atom stereocenters. The molecule has 0 saturated carbocycles. The zero-order valence-corrected chi connectivity index (χ0v) is 16.1. The lowest BCUT2D eigenvalue weighted by atomic mass is 9.97. The summed E-state index contributed by atoms with van der Waals surface area (Å²) in [5.41, 5.74) is -0.381. The second-order valence-corrected chi connectivity index (χ2v) is 8.10. The highest BCUT2D eigenvalue weighted by molar-refractivity contribution is 7.09. The number of nitrogens with one attached hydrogen (secondary N) is 1. The molecule has 9 heteroatoms. The van der Waals surface area contributed by atoms with Crippen molar-refractivity contribution in [2.24, 2.45) is 0 Å². The van der Waals surface area contributed by atoms with Crippen molar-refractivity contribution >= 4 is 17.2 Å². The van der Waals surface area contributed by atoms with Gasteiger partial charge in [-0.2, -0.15) is 0 Å². The molecule has 0 radical (unpaired) electrons. The smallest absolute Gasteiger partial charge is 0.249 e. The van der Waals surface area contributed by atoms with Gasteiger partial charge in [-0.05, 0) is 6.42 Å². The number of carbonyl (C=O) groups excluding carboxylic acids is 1. The van der Waals surface area contributed by atoms with Gasteiger partial charge in [0.05, 0.1) is 26.1 Å². The number of carbonyl (C=O) groups is 1. The highest BCUT2D eigenvalue weighted by Crippen LogP contribution is 2.32. The minimum absolute atomic E-state index is 0.0434. The first kappa shape index (κ1) is 18.5. The first-order valence-corrected chi connectivity index (χ1v) is 10.2.